The summed E-state index contributed by atoms with van der Waals surface area (Å²) < 4.78 is 36.7. The molecular formula is C13H19NO6S. The normalized spacial score (nSPS) is 12.7. The van der Waals surface area contributed by atoms with Crippen molar-refractivity contribution in [3.05, 3.63) is 18.2 Å². The van der Waals surface area contributed by atoms with Crippen molar-refractivity contribution < 1.29 is 27.8 Å². The number of benzene rings is 1. The average Bonchev–Trinajstić information content (AvgIpc) is 2.45. The van der Waals surface area contributed by atoms with Gasteiger partial charge in [-0.05, 0) is 18.6 Å². The smallest absolute Gasteiger partial charge is 0.321 e. The first-order valence-electron chi connectivity index (χ1n) is 6.32. The zero-order valence-corrected chi connectivity index (χ0v) is 12.9. The molecule has 0 aliphatic carbocycles. The number of aliphatic carboxylic acids is 1. The lowest BCUT2D eigenvalue weighted by Gasteiger charge is -2.15. The SMILES string of the molecule is CCC[C@@H](NS(=O)(=O)c1ccc(OC)c(OC)c1)C(=O)O. The number of carboxylic acid groups (broad SMARTS) is 1. The van der Waals surface area contributed by atoms with Gasteiger partial charge in [-0.2, -0.15) is 4.72 Å². The van der Waals surface area contributed by atoms with Gasteiger partial charge in [-0.1, -0.05) is 13.3 Å². The Morgan fingerprint density at radius 2 is 1.90 bits per heavy atom. The molecule has 8 heteroatoms. The molecule has 0 radical (unpaired) electrons. The number of hydrogen-bond acceptors (Lipinski definition) is 5. The van der Waals surface area contributed by atoms with E-state index in [0.29, 0.717) is 12.2 Å². The fraction of sp³-hybridized carbons (Fsp3) is 0.462. The molecule has 21 heavy (non-hydrogen) atoms. The molecule has 0 heterocycles. The first kappa shape index (κ1) is 17.3. The summed E-state index contributed by atoms with van der Waals surface area (Å²) in [6.45, 7) is 1.78. The Balaban J connectivity index is 3.10. The molecule has 1 rings (SSSR count). The van der Waals surface area contributed by atoms with E-state index in [0.717, 1.165) is 0 Å². The van der Waals surface area contributed by atoms with E-state index in [1.165, 1.54) is 32.4 Å². The number of sulfonamides is 1. The molecule has 1 aromatic carbocycles. The van der Waals surface area contributed by atoms with Gasteiger partial charge >= 0.3 is 5.97 Å². The highest BCUT2D eigenvalue weighted by atomic mass is 32.2. The van der Waals surface area contributed by atoms with Crippen LogP contribution in [-0.4, -0.2) is 39.8 Å². The molecular weight excluding hydrogens is 298 g/mol. The number of rotatable bonds is 8. The van der Waals surface area contributed by atoms with Gasteiger partial charge in [0, 0.05) is 6.07 Å². The Kier molecular flexibility index (Phi) is 5.98. The highest BCUT2D eigenvalue weighted by Gasteiger charge is 2.25. The zero-order chi connectivity index (χ0) is 16.0. The van der Waals surface area contributed by atoms with Crippen molar-refractivity contribution in [1.29, 1.82) is 0 Å². The van der Waals surface area contributed by atoms with Crippen LogP contribution in [0.15, 0.2) is 23.1 Å². The van der Waals surface area contributed by atoms with Crippen molar-refractivity contribution in [1.82, 2.24) is 4.72 Å². The number of ether oxygens (including phenoxy) is 2. The minimum Gasteiger partial charge on any atom is -0.493 e. The van der Waals surface area contributed by atoms with E-state index < -0.39 is 22.0 Å². The van der Waals surface area contributed by atoms with Gasteiger partial charge in [-0.3, -0.25) is 4.79 Å². The summed E-state index contributed by atoms with van der Waals surface area (Å²) in [4.78, 5) is 11.0. The molecule has 118 valence electrons. The lowest BCUT2D eigenvalue weighted by Crippen LogP contribution is -2.40. The standard InChI is InChI=1S/C13H19NO6S/c1-4-5-10(13(15)16)14-21(17,18)9-6-7-11(19-2)12(8-9)20-3/h6-8,10,14H,4-5H2,1-3H3,(H,15,16)/t10-/m1/s1. The molecule has 7 nitrogen and oxygen atoms in total. The number of carbonyl (C=O) groups is 1. The van der Waals surface area contributed by atoms with Crippen molar-refractivity contribution in [2.75, 3.05) is 14.2 Å². The maximum atomic E-state index is 12.2. The summed E-state index contributed by atoms with van der Waals surface area (Å²) in [5.41, 5.74) is 0. The summed E-state index contributed by atoms with van der Waals surface area (Å²) in [5, 5.41) is 9.03. The van der Waals surface area contributed by atoms with Crippen LogP contribution in [0.1, 0.15) is 19.8 Å². The van der Waals surface area contributed by atoms with E-state index >= 15 is 0 Å². The minimum atomic E-state index is -3.95. The van der Waals surface area contributed by atoms with Crippen molar-refractivity contribution >= 4 is 16.0 Å². The summed E-state index contributed by atoms with van der Waals surface area (Å²) in [5.74, 6) is -0.566. The van der Waals surface area contributed by atoms with Gasteiger partial charge in [-0.15, -0.1) is 0 Å². The molecule has 0 bridgehead atoms. The van der Waals surface area contributed by atoms with Crippen LogP contribution in [0.2, 0.25) is 0 Å². The molecule has 0 fully saturated rings. The quantitative estimate of drug-likeness (QED) is 0.748. The van der Waals surface area contributed by atoms with E-state index in [9.17, 15) is 13.2 Å². The van der Waals surface area contributed by atoms with Crippen molar-refractivity contribution in [3.63, 3.8) is 0 Å². The van der Waals surface area contributed by atoms with Gasteiger partial charge in [0.1, 0.15) is 6.04 Å². The summed E-state index contributed by atoms with van der Waals surface area (Å²) >= 11 is 0. The predicted molar refractivity (Wildman–Crippen MR) is 76.2 cm³/mol. The van der Waals surface area contributed by atoms with E-state index in [4.69, 9.17) is 14.6 Å². The van der Waals surface area contributed by atoms with Crippen LogP contribution in [-0.2, 0) is 14.8 Å². The highest BCUT2D eigenvalue weighted by molar-refractivity contribution is 7.89. The Morgan fingerprint density at radius 3 is 2.38 bits per heavy atom. The Labute approximate surface area is 123 Å². The van der Waals surface area contributed by atoms with Crippen LogP contribution in [0.5, 0.6) is 11.5 Å². The van der Waals surface area contributed by atoms with Crippen LogP contribution >= 0.6 is 0 Å². The zero-order valence-electron chi connectivity index (χ0n) is 12.1. The first-order valence-corrected chi connectivity index (χ1v) is 7.81. The molecule has 2 N–H and O–H groups in total. The number of carboxylic acids is 1. The van der Waals surface area contributed by atoms with Gasteiger partial charge in [-0.25, -0.2) is 8.42 Å². The molecule has 0 aromatic heterocycles. The van der Waals surface area contributed by atoms with E-state index in [1.54, 1.807) is 6.92 Å². The maximum absolute atomic E-state index is 12.2. The Hall–Kier alpha value is -1.80. The van der Waals surface area contributed by atoms with Gasteiger partial charge < -0.3 is 14.6 Å². The third-order valence-corrected chi connectivity index (χ3v) is 4.31. The van der Waals surface area contributed by atoms with Crippen LogP contribution in [0.25, 0.3) is 0 Å². The Bertz CT molecular complexity index is 599. The van der Waals surface area contributed by atoms with E-state index in [2.05, 4.69) is 4.72 Å². The number of methoxy groups -OCH3 is 2. The molecule has 0 aliphatic rings. The molecule has 0 unspecified atom stereocenters. The van der Waals surface area contributed by atoms with Crippen LogP contribution < -0.4 is 14.2 Å². The second-order valence-corrected chi connectivity index (χ2v) is 6.03. The summed E-state index contributed by atoms with van der Waals surface area (Å²) in [7, 11) is -1.13. The van der Waals surface area contributed by atoms with Crippen molar-refractivity contribution in [2.45, 2.75) is 30.7 Å². The topological polar surface area (TPSA) is 102 Å². The van der Waals surface area contributed by atoms with Crippen LogP contribution in [0.4, 0.5) is 0 Å². The van der Waals surface area contributed by atoms with Gasteiger partial charge in [0.2, 0.25) is 10.0 Å². The largest absolute Gasteiger partial charge is 0.493 e. The fourth-order valence-electron chi connectivity index (χ4n) is 1.76. The van der Waals surface area contributed by atoms with E-state index in [-0.39, 0.29) is 17.1 Å². The van der Waals surface area contributed by atoms with Crippen LogP contribution in [0, 0.1) is 0 Å². The first-order chi connectivity index (χ1) is 9.85. The monoisotopic (exact) mass is 317 g/mol. The van der Waals surface area contributed by atoms with Gasteiger partial charge in [0.05, 0.1) is 19.1 Å². The third-order valence-electron chi connectivity index (χ3n) is 2.84. The van der Waals surface area contributed by atoms with E-state index in [1.807, 2.05) is 0 Å². The molecule has 1 aromatic rings. The minimum absolute atomic E-state index is 0.0810. The molecule has 1 atom stereocenters. The van der Waals surface area contributed by atoms with Crippen molar-refractivity contribution in [3.8, 4) is 11.5 Å². The maximum Gasteiger partial charge on any atom is 0.321 e. The number of nitrogens with one attached hydrogen (secondary N) is 1. The molecule has 0 spiro atoms. The highest BCUT2D eigenvalue weighted by Crippen LogP contribution is 2.29. The van der Waals surface area contributed by atoms with Gasteiger partial charge in [0.25, 0.3) is 0 Å². The van der Waals surface area contributed by atoms with Crippen molar-refractivity contribution in [2.24, 2.45) is 0 Å². The molecule has 0 saturated heterocycles. The lowest BCUT2D eigenvalue weighted by atomic mass is 10.2. The second kappa shape index (κ2) is 7.28. The Morgan fingerprint density at radius 1 is 1.29 bits per heavy atom. The summed E-state index contributed by atoms with van der Waals surface area (Å²) in [6, 6.07) is 2.90. The van der Waals surface area contributed by atoms with Crippen LogP contribution in [0.3, 0.4) is 0 Å². The molecule has 0 amide bonds. The van der Waals surface area contributed by atoms with Gasteiger partial charge in [0.15, 0.2) is 11.5 Å². The number of hydrogen-bond donors (Lipinski definition) is 2. The molecule has 0 saturated carbocycles. The molecule has 0 aliphatic heterocycles. The lowest BCUT2D eigenvalue weighted by molar-refractivity contribution is -0.139. The fourth-order valence-corrected chi connectivity index (χ4v) is 3.00. The summed E-state index contributed by atoms with van der Waals surface area (Å²) in [6.07, 6.45) is 0.757. The third kappa shape index (κ3) is 4.33. The second-order valence-electron chi connectivity index (χ2n) is 4.32. The predicted octanol–water partition coefficient (Wildman–Crippen LogP) is 1.24. The average molecular weight is 317 g/mol.